The van der Waals surface area contributed by atoms with Gasteiger partial charge in [0.25, 0.3) is 0 Å². The molecule has 0 atom stereocenters. The van der Waals surface area contributed by atoms with Gasteiger partial charge in [-0.15, -0.1) is 0 Å². The van der Waals surface area contributed by atoms with Gasteiger partial charge in [0.1, 0.15) is 5.75 Å². The van der Waals surface area contributed by atoms with Crippen molar-refractivity contribution in [3.63, 3.8) is 0 Å². The molecule has 0 saturated carbocycles. The van der Waals surface area contributed by atoms with Crippen molar-refractivity contribution in [2.75, 3.05) is 6.61 Å². The van der Waals surface area contributed by atoms with Crippen LogP contribution in [0.1, 0.15) is 29.3 Å². The number of ether oxygens (including phenoxy) is 1. The van der Waals surface area contributed by atoms with Gasteiger partial charge in [0.2, 0.25) is 0 Å². The van der Waals surface area contributed by atoms with E-state index in [0.29, 0.717) is 13.0 Å². The van der Waals surface area contributed by atoms with Crippen molar-refractivity contribution in [3.8, 4) is 5.75 Å². The molecule has 0 radical (unpaired) electrons. The Morgan fingerprint density at radius 3 is 2.58 bits per heavy atom. The maximum absolute atomic E-state index is 11.9. The number of ketones is 1. The number of Topliss-reactive ketones (excluding diaryl/α,β-unsaturated/α-hetero) is 1. The van der Waals surface area contributed by atoms with Crippen LogP contribution in [0.5, 0.6) is 5.75 Å². The molecule has 0 amide bonds. The van der Waals surface area contributed by atoms with E-state index in [0.717, 1.165) is 17.7 Å². The Hall–Kier alpha value is -2.09. The normalized spacial score (nSPS) is 10.2. The Labute approximate surface area is 114 Å². The quantitative estimate of drug-likeness (QED) is 0.731. The minimum Gasteiger partial charge on any atom is -0.493 e. The lowest BCUT2D eigenvalue weighted by atomic mass is 10.1. The van der Waals surface area contributed by atoms with Gasteiger partial charge in [0.15, 0.2) is 5.78 Å². The van der Waals surface area contributed by atoms with Gasteiger partial charge >= 0.3 is 0 Å². The smallest absolute Gasteiger partial charge is 0.166 e. The standard InChI is InChI=1S/C17H18O2/c1-2-14-7-6-10-16(13-14)19-12-11-17(18)15-8-4-3-5-9-15/h3-10,13H,2,11-12H2,1H3. The van der Waals surface area contributed by atoms with Gasteiger partial charge in [0, 0.05) is 12.0 Å². The molecule has 0 heterocycles. The molecule has 2 rings (SSSR count). The average Bonchev–Trinajstić information content (AvgIpc) is 2.48. The molecule has 0 saturated heterocycles. The number of carbonyl (C=O) groups is 1. The van der Waals surface area contributed by atoms with Crippen LogP contribution in [0.4, 0.5) is 0 Å². The van der Waals surface area contributed by atoms with Crippen LogP contribution < -0.4 is 4.74 Å². The van der Waals surface area contributed by atoms with Gasteiger partial charge in [0.05, 0.1) is 6.61 Å². The van der Waals surface area contributed by atoms with Crippen LogP contribution in [0.25, 0.3) is 0 Å². The fraction of sp³-hybridized carbons (Fsp3) is 0.235. The van der Waals surface area contributed by atoms with Crippen molar-refractivity contribution < 1.29 is 9.53 Å². The highest BCUT2D eigenvalue weighted by Gasteiger charge is 2.05. The molecule has 0 bridgehead atoms. The van der Waals surface area contributed by atoms with Crippen molar-refractivity contribution in [1.29, 1.82) is 0 Å². The number of aryl methyl sites for hydroxylation is 1. The van der Waals surface area contributed by atoms with E-state index < -0.39 is 0 Å². The third kappa shape index (κ3) is 3.95. The van der Waals surface area contributed by atoms with Crippen molar-refractivity contribution in [1.82, 2.24) is 0 Å². The highest BCUT2D eigenvalue weighted by molar-refractivity contribution is 5.96. The molecule has 0 aromatic heterocycles. The molecule has 2 nitrogen and oxygen atoms in total. The van der Waals surface area contributed by atoms with Gasteiger partial charge in [-0.2, -0.15) is 0 Å². The predicted octanol–water partition coefficient (Wildman–Crippen LogP) is 3.90. The summed E-state index contributed by atoms with van der Waals surface area (Å²) < 4.78 is 5.62. The van der Waals surface area contributed by atoms with E-state index in [9.17, 15) is 4.79 Å². The molecule has 98 valence electrons. The predicted molar refractivity (Wildman–Crippen MR) is 76.7 cm³/mol. The molecule has 2 aromatic carbocycles. The highest BCUT2D eigenvalue weighted by Crippen LogP contribution is 2.14. The van der Waals surface area contributed by atoms with Gasteiger partial charge in [-0.25, -0.2) is 0 Å². The minimum absolute atomic E-state index is 0.118. The zero-order valence-electron chi connectivity index (χ0n) is 11.1. The summed E-state index contributed by atoms with van der Waals surface area (Å²) in [5.41, 5.74) is 1.99. The van der Waals surface area contributed by atoms with E-state index in [1.165, 1.54) is 5.56 Å². The molecule has 0 fully saturated rings. The average molecular weight is 254 g/mol. The second-order valence-electron chi connectivity index (χ2n) is 4.39. The molecule has 2 heteroatoms. The maximum atomic E-state index is 11.9. The van der Waals surface area contributed by atoms with Gasteiger partial charge < -0.3 is 4.74 Å². The first kappa shape index (κ1) is 13.3. The number of hydrogen-bond acceptors (Lipinski definition) is 2. The van der Waals surface area contributed by atoms with Crippen molar-refractivity contribution in [3.05, 3.63) is 65.7 Å². The summed E-state index contributed by atoms with van der Waals surface area (Å²) in [4.78, 5) is 11.9. The first-order chi connectivity index (χ1) is 9.29. The summed E-state index contributed by atoms with van der Waals surface area (Å²) in [6, 6.07) is 17.3. The van der Waals surface area contributed by atoms with Crippen LogP contribution >= 0.6 is 0 Å². The topological polar surface area (TPSA) is 26.3 Å². The van der Waals surface area contributed by atoms with Crippen molar-refractivity contribution >= 4 is 5.78 Å². The lowest BCUT2D eigenvalue weighted by Gasteiger charge is -2.07. The summed E-state index contributed by atoms with van der Waals surface area (Å²) in [5, 5.41) is 0. The second kappa shape index (κ2) is 6.74. The second-order valence-corrected chi connectivity index (χ2v) is 4.39. The molecule has 2 aromatic rings. The molecule has 0 aliphatic rings. The summed E-state index contributed by atoms with van der Waals surface area (Å²) in [6.45, 7) is 2.53. The Balaban J connectivity index is 1.85. The highest BCUT2D eigenvalue weighted by atomic mass is 16.5. The van der Waals surface area contributed by atoms with Crippen LogP contribution in [0, 0.1) is 0 Å². The first-order valence-corrected chi connectivity index (χ1v) is 6.59. The largest absolute Gasteiger partial charge is 0.493 e. The van der Waals surface area contributed by atoms with E-state index in [1.54, 1.807) is 0 Å². The number of carbonyl (C=O) groups excluding carboxylic acids is 1. The fourth-order valence-corrected chi connectivity index (χ4v) is 1.89. The van der Waals surface area contributed by atoms with Crippen LogP contribution in [0.3, 0.4) is 0 Å². The molecular formula is C17H18O2. The Morgan fingerprint density at radius 1 is 1.05 bits per heavy atom. The number of benzene rings is 2. The third-order valence-corrected chi connectivity index (χ3v) is 3.00. The third-order valence-electron chi connectivity index (χ3n) is 3.00. The molecule has 0 N–H and O–H groups in total. The minimum atomic E-state index is 0.118. The van der Waals surface area contributed by atoms with Crippen molar-refractivity contribution in [2.24, 2.45) is 0 Å². The zero-order chi connectivity index (χ0) is 13.5. The Bertz CT molecular complexity index is 532. The van der Waals surface area contributed by atoms with Gasteiger partial charge in [-0.1, -0.05) is 49.4 Å². The monoisotopic (exact) mass is 254 g/mol. The number of hydrogen-bond donors (Lipinski definition) is 0. The Kier molecular flexibility index (Phi) is 4.73. The van der Waals surface area contributed by atoms with Crippen LogP contribution in [0.15, 0.2) is 54.6 Å². The van der Waals surface area contributed by atoms with Crippen molar-refractivity contribution in [2.45, 2.75) is 19.8 Å². The number of rotatable bonds is 6. The Morgan fingerprint density at radius 2 is 1.84 bits per heavy atom. The molecule has 19 heavy (non-hydrogen) atoms. The fourth-order valence-electron chi connectivity index (χ4n) is 1.89. The van der Waals surface area contributed by atoms with E-state index in [4.69, 9.17) is 4.74 Å². The maximum Gasteiger partial charge on any atom is 0.166 e. The van der Waals surface area contributed by atoms with E-state index >= 15 is 0 Å². The van der Waals surface area contributed by atoms with Gasteiger partial charge in [-0.3, -0.25) is 4.79 Å². The van der Waals surface area contributed by atoms with E-state index in [2.05, 4.69) is 13.0 Å². The molecule has 0 unspecified atom stereocenters. The lowest BCUT2D eigenvalue weighted by Crippen LogP contribution is -2.06. The summed E-state index contributed by atoms with van der Waals surface area (Å²) in [7, 11) is 0. The summed E-state index contributed by atoms with van der Waals surface area (Å²) in [5.74, 6) is 0.951. The van der Waals surface area contributed by atoms with Crippen LogP contribution in [-0.2, 0) is 6.42 Å². The zero-order valence-corrected chi connectivity index (χ0v) is 11.1. The first-order valence-electron chi connectivity index (χ1n) is 6.59. The van der Waals surface area contributed by atoms with Crippen LogP contribution in [0.2, 0.25) is 0 Å². The SMILES string of the molecule is CCc1cccc(OCCC(=O)c2ccccc2)c1. The molecule has 0 spiro atoms. The molecule has 0 aliphatic heterocycles. The van der Waals surface area contributed by atoms with E-state index in [-0.39, 0.29) is 5.78 Å². The molecule has 0 aliphatic carbocycles. The van der Waals surface area contributed by atoms with Gasteiger partial charge in [-0.05, 0) is 24.1 Å². The van der Waals surface area contributed by atoms with Crippen LogP contribution in [-0.4, -0.2) is 12.4 Å². The molecular weight excluding hydrogens is 236 g/mol. The summed E-state index contributed by atoms with van der Waals surface area (Å²) >= 11 is 0. The summed E-state index contributed by atoms with van der Waals surface area (Å²) in [6.07, 6.45) is 1.39. The van der Waals surface area contributed by atoms with E-state index in [1.807, 2.05) is 48.5 Å². The lowest BCUT2D eigenvalue weighted by molar-refractivity contribution is 0.0962.